The Hall–Kier alpha value is -0.920. The molecule has 0 atom stereocenters. The second-order valence-electron chi connectivity index (χ2n) is 2.07. The molecule has 0 aromatic rings. The Morgan fingerprint density at radius 3 is 2.36 bits per heavy atom. The van der Waals surface area contributed by atoms with Gasteiger partial charge in [-0.2, -0.15) is 0 Å². The van der Waals surface area contributed by atoms with Gasteiger partial charge in [-0.25, -0.2) is 0 Å². The summed E-state index contributed by atoms with van der Waals surface area (Å²) < 4.78 is 0. The molecule has 0 N–H and O–H groups in total. The molecule has 53 valence electrons. The molecule has 0 aliphatic carbocycles. The van der Waals surface area contributed by atoms with Gasteiger partial charge >= 0.3 is 68.1 Å². The SMILES string of the molecule is [B]C(=[B])C(/C=C(\C)C=O)=NC. The van der Waals surface area contributed by atoms with Crippen molar-refractivity contribution >= 4 is 32.7 Å². The second kappa shape index (κ2) is 4.83. The third-order valence-electron chi connectivity index (χ3n) is 1.09. The predicted octanol–water partition coefficient (Wildman–Crippen LogP) is -0.331. The number of rotatable bonds is 3. The van der Waals surface area contributed by atoms with Crippen molar-refractivity contribution in [1.82, 2.24) is 0 Å². The Morgan fingerprint density at radius 2 is 2.09 bits per heavy atom. The van der Waals surface area contributed by atoms with Crippen LogP contribution in [0.2, 0.25) is 0 Å². The van der Waals surface area contributed by atoms with Gasteiger partial charge in [0.2, 0.25) is 0 Å². The van der Waals surface area contributed by atoms with Gasteiger partial charge in [-0.05, 0) is 0 Å². The number of aliphatic imine (C=N–C) groups is 1. The van der Waals surface area contributed by atoms with Gasteiger partial charge in [0.15, 0.2) is 0 Å². The predicted molar refractivity (Wildman–Crippen MR) is 49.7 cm³/mol. The molecule has 0 saturated carbocycles. The maximum absolute atomic E-state index is 10.2. The number of carbonyl (C=O) groups is 1. The van der Waals surface area contributed by atoms with E-state index in [-0.39, 0.29) is 5.36 Å². The molecule has 4 heteroatoms. The standard InChI is InChI=1S/C7H8B2NO/c1-5(4-11)3-6(10-2)7(8)9/h3-4H,1-2H3/b5-3+,10-6?. The molecule has 0 saturated heterocycles. The first-order valence-corrected chi connectivity index (χ1v) is 3.10. The van der Waals surface area contributed by atoms with Crippen LogP contribution in [0.4, 0.5) is 0 Å². The zero-order chi connectivity index (χ0) is 8.85. The number of nitrogens with zero attached hydrogens (tertiary/aromatic N) is 1. The molecule has 0 aliphatic heterocycles. The number of hydrogen-bond donors (Lipinski definition) is 0. The summed E-state index contributed by atoms with van der Waals surface area (Å²) in [7, 11) is 12.1. The minimum atomic E-state index is 0.119. The van der Waals surface area contributed by atoms with E-state index in [9.17, 15) is 4.79 Å². The third-order valence-corrected chi connectivity index (χ3v) is 1.09. The van der Waals surface area contributed by atoms with Gasteiger partial charge in [0.1, 0.15) is 0 Å². The fourth-order valence-electron chi connectivity index (χ4n) is 0.527. The normalized spacial score (nSPS) is 12.8. The van der Waals surface area contributed by atoms with Crippen LogP contribution in [0.15, 0.2) is 16.6 Å². The topological polar surface area (TPSA) is 29.4 Å². The number of aldehydes is 1. The molecule has 0 amide bonds. The number of allylic oxidation sites excluding steroid dienone is 2. The summed E-state index contributed by atoms with van der Waals surface area (Å²) in [5.41, 5.74) is 0.980. The summed E-state index contributed by atoms with van der Waals surface area (Å²) in [5, 5.41) is 0.119. The van der Waals surface area contributed by atoms with E-state index in [1.54, 1.807) is 14.0 Å². The van der Waals surface area contributed by atoms with Gasteiger partial charge in [-0.3, -0.25) is 0 Å². The second-order valence-corrected chi connectivity index (χ2v) is 2.07. The Balaban J connectivity index is 4.57. The summed E-state index contributed by atoms with van der Waals surface area (Å²) in [6.45, 7) is 1.65. The zero-order valence-electron chi connectivity index (χ0n) is 6.66. The molecule has 0 aromatic carbocycles. The van der Waals surface area contributed by atoms with Crippen LogP contribution in [0.3, 0.4) is 0 Å². The molecular formula is C7H8B2NO. The monoisotopic (exact) mass is 144 g/mol. The Kier molecular flexibility index (Phi) is 4.42. The van der Waals surface area contributed by atoms with Crippen LogP contribution in [-0.4, -0.2) is 39.7 Å². The van der Waals surface area contributed by atoms with E-state index in [0.717, 1.165) is 0 Å². The molecule has 0 aliphatic rings. The quantitative estimate of drug-likeness (QED) is 0.230. The molecule has 0 spiro atoms. The van der Waals surface area contributed by atoms with Gasteiger partial charge in [0, 0.05) is 0 Å². The summed E-state index contributed by atoms with van der Waals surface area (Å²) in [6, 6.07) is 0. The van der Waals surface area contributed by atoms with Gasteiger partial charge in [-0.1, -0.05) is 0 Å². The minimum absolute atomic E-state index is 0.119. The van der Waals surface area contributed by atoms with Crippen LogP contribution >= 0.6 is 0 Å². The molecule has 0 rings (SSSR count). The number of carbonyl (C=O) groups excluding carboxylic acids is 1. The first-order chi connectivity index (χ1) is 5.11. The molecule has 0 unspecified atom stereocenters. The van der Waals surface area contributed by atoms with Crippen molar-refractivity contribution in [1.29, 1.82) is 0 Å². The average molecular weight is 144 g/mol. The van der Waals surface area contributed by atoms with E-state index >= 15 is 0 Å². The van der Waals surface area contributed by atoms with Crippen molar-refractivity contribution in [3.8, 4) is 0 Å². The van der Waals surface area contributed by atoms with E-state index in [4.69, 9.17) is 15.3 Å². The Morgan fingerprint density at radius 1 is 1.55 bits per heavy atom. The summed E-state index contributed by atoms with van der Waals surface area (Å²) in [6.07, 6.45) is 2.25. The average Bonchev–Trinajstić information content (AvgIpc) is 1.99. The van der Waals surface area contributed by atoms with E-state index < -0.39 is 0 Å². The van der Waals surface area contributed by atoms with Crippen molar-refractivity contribution < 1.29 is 4.79 Å². The Labute approximate surface area is 68.9 Å². The summed E-state index contributed by atoms with van der Waals surface area (Å²) in [5.74, 6) is 0. The van der Waals surface area contributed by atoms with Crippen LogP contribution in [0.5, 0.6) is 0 Å². The van der Waals surface area contributed by atoms with Crippen LogP contribution in [0, 0.1) is 0 Å². The fraction of sp³-hybridized carbons (Fsp3) is 0.286. The molecule has 3 radical (unpaired) electrons. The van der Waals surface area contributed by atoms with Gasteiger partial charge < -0.3 is 0 Å². The van der Waals surface area contributed by atoms with E-state index in [1.807, 2.05) is 0 Å². The molecule has 2 nitrogen and oxygen atoms in total. The molecule has 0 aromatic heterocycles. The van der Waals surface area contributed by atoms with Gasteiger partial charge in [0.25, 0.3) is 0 Å². The zero-order valence-corrected chi connectivity index (χ0v) is 6.66. The van der Waals surface area contributed by atoms with Crippen molar-refractivity contribution in [2.75, 3.05) is 7.05 Å². The number of hydrogen-bond acceptors (Lipinski definition) is 2. The van der Waals surface area contributed by atoms with Crippen LogP contribution in [0.25, 0.3) is 0 Å². The van der Waals surface area contributed by atoms with Crippen molar-refractivity contribution in [2.24, 2.45) is 4.99 Å². The van der Waals surface area contributed by atoms with Crippen molar-refractivity contribution in [3.63, 3.8) is 0 Å². The summed E-state index contributed by atoms with van der Waals surface area (Å²) in [4.78, 5) is 13.9. The van der Waals surface area contributed by atoms with Crippen molar-refractivity contribution in [3.05, 3.63) is 11.6 Å². The molecule has 0 fully saturated rings. The van der Waals surface area contributed by atoms with Crippen LogP contribution in [0.1, 0.15) is 6.92 Å². The van der Waals surface area contributed by atoms with Gasteiger partial charge in [-0.15, -0.1) is 0 Å². The first kappa shape index (κ1) is 10.1. The fourth-order valence-corrected chi connectivity index (χ4v) is 0.527. The summed E-state index contributed by atoms with van der Waals surface area (Å²) >= 11 is 0. The first-order valence-electron chi connectivity index (χ1n) is 3.10. The van der Waals surface area contributed by atoms with Crippen LogP contribution in [-0.2, 0) is 4.79 Å². The third kappa shape index (κ3) is 3.71. The molecular weight excluding hydrogens is 136 g/mol. The van der Waals surface area contributed by atoms with E-state index in [2.05, 4.69) is 4.99 Å². The van der Waals surface area contributed by atoms with E-state index in [0.29, 0.717) is 17.6 Å². The van der Waals surface area contributed by atoms with Crippen LogP contribution < -0.4 is 0 Å². The molecule has 0 bridgehead atoms. The maximum atomic E-state index is 10.2. The van der Waals surface area contributed by atoms with Gasteiger partial charge in [0.05, 0.1) is 0 Å². The molecule has 0 heterocycles. The molecule has 11 heavy (non-hydrogen) atoms. The Bertz CT molecular complexity index is 231. The van der Waals surface area contributed by atoms with Crippen molar-refractivity contribution in [2.45, 2.75) is 6.92 Å². The van der Waals surface area contributed by atoms with E-state index in [1.165, 1.54) is 6.08 Å².